The molecule has 2 N–H and O–H groups in total. The Labute approximate surface area is 197 Å². The number of hydrogen-bond donors (Lipinski definition) is 2. The highest BCUT2D eigenvalue weighted by Crippen LogP contribution is 2.30. The molecule has 0 bridgehead atoms. The summed E-state index contributed by atoms with van der Waals surface area (Å²) < 4.78 is 10.1. The van der Waals surface area contributed by atoms with E-state index in [1.165, 1.54) is 0 Å². The number of urea groups is 1. The molecule has 10 heteroatoms. The van der Waals surface area contributed by atoms with Crippen LogP contribution in [0.3, 0.4) is 0 Å². The second kappa shape index (κ2) is 11.9. The van der Waals surface area contributed by atoms with Crippen LogP contribution in [0.25, 0.3) is 0 Å². The average molecular weight is 481 g/mol. The van der Waals surface area contributed by atoms with Crippen LogP contribution in [0, 0.1) is 0 Å². The van der Waals surface area contributed by atoms with Crippen LogP contribution in [0.5, 0.6) is 0 Å². The van der Waals surface area contributed by atoms with Gasteiger partial charge in [-0.1, -0.05) is 29.3 Å². The molecule has 0 spiro atoms. The van der Waals surface area contributed by atoms with Crippen molar-refractivity contribution in [2.24, 2.45) is 0 Å². The number of amides is 3. The first-order chi connectivity index (χ1) is 15.5. The number of halogens is 2. The van der Waals surface area contributed by atoms with Gasteiger partial charge in [0.15, 0.2) is 0 Å². The number of hydrogen-bond acceptors (Lipinski definition) is 5. The van der Waals surface area contributed by atoms with Crippen molar-refractivity contribution in [2.75, 3.05) is 68.6 Å². The minimum atomic E-state index is -0.231. The number of methoxy groups -OCH3 is 1. The van der Waals surface area contributed by atoms with Crippen molar-refractivity contribution in [1.29, 1.82) is 0 Å². The molecule has 0 atom stereocenters. The Morgan fingerprint density at radius 3 is 2.22 bits per heavy atom. The van der Waals surface area contributed by atoms with Crippen LogP contribution in [0.4, 0.5) is 21.9 Å². The van der Waals surface area contributed by atoms with E-state index in [-0.39, 0.29) is 18.5 Å². The zero-order valence-corrected chi connectivity index (χ0v) is 19.3. The van der Waals surface area contributed by atoms with Gasteiger partial charge in [-0.15, -0.1) is 0 Å². The van der Waals surface area contributed by atoms with Crippen molar-refractivity contribution < 1.29 is 19.1 Å². The molecule has 1 aliphatic rings. The summed E-state index contributed by atoms with van der Waals surface area (Å²) in [5, 5.41) is 6.40. The standard InChI is InChI=1S/C22H26Cl2N4O4/c1-31-13-14-32-15-20(29)25-16-5-7-17(8-6-16)27-9-11-28(12-10-27)22(30)26-21-18(23)3-2-4-19(21)24/h2-8H,9-15H2,1H3,(H,25,29)(H,26,30). The lowest BCUT2D eigenvalue weighted by Gasteiger charge is -2.36. The van der Waals surface area contributed by atoms with E-state index in [0.29, 0.717) is 60.8 Å². The van der Waals surface area contributed by atoms with Crippen LogP contribution in [0.1, 0.15) is 0 Å². The van der Waals surface area contributed by atoms with Gasteiger partial charge in [0.1, 0.15) is 6.61 Å². The monoisotopic (exact) mass is 480 g/mol. The number of ether oxygens (including phenoxy) is 2. The highest BCUT2D eigenvalue weighted by molar-refractivity contribution is 6.39. The average Bonchev–Trinajstić information content (AvgIpc) is 2.80. The molecule has 0 saturated carbocycles. The largest absolute Gasteiger partial charge is 0.382 e. The van der Waals surface area contributed by atoms with Crippen molar-refractivity contribution in [1.82, 2.24) is 4.90 Å². The fourth-order valence-corrected chi connectivity index (χ4v) is 3.72. The Morgan fingerprint density at radius 1 is 0.938 bits per heavy atom. The van der Waals surface area contributed by atoms with Gasteiger partial charge in [-0.3, -0.25) is 4.79 Å². The van der Waals surface area contributed by atoms with Gasteiger partial charge in [0.2, 0.25) is 5.91 Å². The third-order valence-electron chi connectivity index (χ3n) is 4.94. The number of rotatable bonds is 8. The van der Waals surface area contributed by atoms with E-state index >= 15 is 0 Å². The number of benzene rings is 2. The van der Waals surface area contributed by atoms with E-state index in [1.807, 2.05) is 24.3 Å². The van der Waals surface area contributed by atoms with E-state index in [1.54, 1.807) is 30.2 Å². The normalized spacial score (nSPS) is 13.7. The topological polar surface area (TPSA) is 83.1 Å². The molecule has 0 radical (unpaired) electrons. The molecule has 1 heterocycles. The van der Waals surface area contributed by atoms with Crippen molar-refractivity contribution in [3.63, 3.8) is 0 Å². The SMILES string of the molecule is COCCOCC(=O)Nc1ccc(N2CCN(C(=O)Nc3c(Cl)cccc3Cl)CC2)cc1. The number of nitrogens with zero attached hydrogens (tertiary/aromatic N) is 2. The van der Waals surface area contributed by atoms with Gasteiger partial charge < -0.3 is 29.9 Å². The van der Waals surface area contributed by atoms with Crippen LogP contribution in [0.2, 0.25) is 10.0 Å². The molecule has 32 heavy (non-hydrogen) atoms. The molecule has 0 aromatic heterocycles. The number of piperazine rings is 1. The maximum Gasteiger partial charge on any atom is 0.322 e. The molecule has 2 aromatic rings. The highest BCUT2D eigenvalue weighted by Gasteiger charge is 2.22. The smallest absolute Gasteiger partial charge is 0.322 e. The van der Waals surface area contributed by atoms with E-state index in [0.717, 1.165) is 5.69 Å². The molecule has 0 aliphatic carbocycles. The van der Waals surface area contributed by atoms with Gasteiger partial charge in [0.05, 0.1) is 28.9 Å². The van der Waals surface area contributed by atoms with E-state index in [4.69, 9.17) is 32.7 Å². The Kier molecular flexibility index (Phi) is 8.99. The quantitative estimate of drug-likeness (QED) is 0.558. The number of para-hydroxylation sites is 1. The van der Waals surface area contributed by atoms with Gasteiger partial charge in [-0.2, -0.15) is 0 Å². The van der Waals surface area contributed by atoms with Crippen molar-refractivity contribution in [3.8, 4) is 0 Å². The molecular weight excluding hydrogens is 455 g/mol. The lowest BCUT2D eigenvalue weighted by molar-refractivity contribution is -0.121. The molecule has 1 fully saturated rings. The fourth-order valence-electron chi connectivity index (χ4n) is 3.23. The zero-order valence-electron chi connectivity index (χ0n) is 17.8. The number of carbonyl (C=O) groups excluding carboxylic acids is 2. The third kappa shape index (κ3) is 6.74. The number of carbonyl (C=O) groups is 2. The molecule has 8 nitrogen and oxygen atoms in total. The highest BCUT2D eigenvalue weighted by atomic mass is 35.5. The van der Waals surface area contributed by atoms with Crippen molar-refractivity contribution in [3.05, 3.63) is 52.5 Å². The maximum atomic E-state index is 12.6. The molecule has 3 amide bonds. The maximum absolute atomic E-state index is 12.6. The minimum absolute atomic E-state index is 0.0193. The van der Waals surface area contributed by atoms with Gasteiger partial charge in [-0.25, -0.2) is 4.79 Å². The van der Waals surface area contributed by atoms with Gasteiger partial charge in [-0.05, 0) is 36.4 Å². The van der Waals surface area contributed by atoms with E-state index in [2.05, 4.69) is 15.5 Å². The fraction of sp³-hybridized carbons (Fsp3) is 0.364. The Morgan fingerprint density at radius 2 is 1.59 bits per heavy atom. The van der Waals surface area contributed by atoms with E-state index < -0.39 is 0 Å². The summed E-state index contributed by atoms with van der Waals surface area (Å²) in [6, 6.07) is 12.4. The molecule has 2 aromatic carbocycles. The summed E-state index contributed by atoms with van der Waals surface area (Å²) in [5.74, 6) is -0.216. The van der Waals surface area contributed by atoms with Crippen LogP contribution >= 0.6 is 23.2 Å². The van der Waals surface area contributed by atoms with Crippen LogP contribution < -0.4 is 15.5 Å². The summed E-state index contributed by atoms with van der Waals surface area (Å²) in [6.45, 7) is 3.29. The number of nitrogens with one attached hydrogen (secondary N) is 2. The van der Waals surface area contributed by atoms with Crippen LogP contribution in [-0.4, -0.2) is 69.9 Å². The first-order valence-corrected chi connectivity index (χ1v) is 10.9. The van der Waals surface area contributed by atoms with E-state index in [9.17, 15) is 9.59 Å². The minimum Gasteiger partial charge on any atom is -0.382 e. The Bertz CT molecular complexity index is 898. The van der Waals surface area contributed by atoms with Crippen molar-refractivity contribution in [2.45, 2.75) is 0 Å². The first-order valence-electron chi connectivity index (χ1n) is 10.2. The molecular formula is C22H26Cl2N4O4. The zero-order chi connectivity index (χ0) is 22.9. The van der Waals surface area contributed by atoms with Crippen LogP contribution in [-0.2, 0) is 14.3 Å². The third-order valence-corrected chi connectivity index (χ3v) is 5.57. The lowest BCUT2D eigenvalue weighted by Crippen LogP contribution is -2.50. The predicted octanol–water partition coefficient (Wildman–Crippen LogP) is 3.95. The van der Waals surface area contributed by atoms with Gasteiger partial charge >= 0.3 is 6.03 Å². The first kappa shape index (κ1) is 24.1. The summed E-state index contributed by atoms with van der Waals surface area (Å²) in [7, 11) is 1.58. The van der Waals surface area contributed by atoms with Gasteiger partial charge in [0.25, 0.3) is 0 Å². The predicted molar refractivity (Wildman–Crippen MR) is 127 cm³/mol. The second-order valence-electron chi connectivity index (χ2n) is 7.14. The summed E-state index contributed by atoms with van der Waals surface area (Å²) in [4.78, 5) is 28.4. The second-order valence-corrected chi connectivity index (χ2v) is 7.96. The molecule has 1 saturated heterocycles. The summed E-state index contributed by atoms with van der Waals surface area (Å²) >= 11 is 12.3. The van der Waals surface area contributed by atoms with Crippen LogP contribution in [0.15, 0.2) is 42.5 Å². The Hall–Kier alpha value is -2.52. The molecule has 3 rings (SSSR count). The molecule has 0 unspecified atom stereocenters. The summed E-state index contributed by atoms with van der Waals surface area (Å²) in [5.41, 5.74) is 2.14. The number of anilines is 3. The van der Waals surface area contributed by atoms with Crippen molar-refractivity contribution >= 4 is 52.2 Å². The van der Waals surface area contributed by atoms with Gasteiger partial charge in [0, 0.05) is 44.7 Å². The lowest BCUT2D eigenvalue weighted by atomic mass is 10.2. The Balaban J connectivity index is 1.46. The molecule has 1 aliphatic heterocycles. The summed E-state index contributed by atoms with van der Waals surface area (Å²) in [6.07, 6.45) is 0. The molecule has 172 valence electrons.